The number of nitrogens with zero attached hydrogens (tertiary/aromatic N) is 2. The van der Waals surface area contributed by atoms with Crippen molar-refractivity contribution < 1.29 is 4.42 Å². The molecule has 2 rings (SSSR count). The fourth-order valence-corrected chi connectivity index (χ4v) is 2.24. The van der Waals surface area contributed by atoms with Gasteiger partial charge in [-0.3, -0.25) is 0 Å². The first-order valence-corrected chi connectivity index (χ1v) is 6.49. The minimum Gasteiger partial charge on any atom is -0.472 e. The summed E-state index contributed by atoms with van der Waals surface area (Å²) in [6.07, 6.45) is 6.22. The van der Waals surface area contributed by atoms with Crippen molar-refractivity contribution in [2.75, 3.05) is 11.9 Å². The Labute approximate surface area is 114 Å². The molecule has 0 aliphatic carbocycles. The molecule has 2 aromatic heterocycles. The largest absolute Gasteiger partial charge is 0.472 e. The first-order chi connectivity index (χ1) is 9.06. The van der Waals surface area contributed by atoms with Crippen molar-refractivity contribution in [3.63, 3.8) is 0 Å². The van der Waals surface area contributed by atoms with E-state index in [0.29, 0.717) is 0 Å². The van der Waals surface area contributed by atoms with E-state index in [1.54, 1.807) is 12.5 Å². The second kappa shape index (κ2) is 5.89. The molecule has 2 aromatic rings. The van der Waals surface area contributed by atoms with Crippen LogP contribution in [0.1, 0.15) is 23.6 Å². The van der Waals surface area contributed by atoms with E-state index < -0.39 is 0 Å². The molecular weight excluding hydrogens is 238 g/mol. The molecule has 0 radical (unpaired) electrons. The molecular formula is C15H21N3O. The third-order valence-electron chi connectivity index (χ3n) is 3.03. The summed E-state index contributed by atoms with van der Waals surface area (Å²) in [4.78, 5) is 6.67. The van der Waals surface area contributed by atoms with E-state index in [0.717, 1.165) is 24.3 Å². The highest BCUT2D eigenvalue weighted by atomic mass is 16.3. The van der Waals surface area contributed by atoms with E-state index in [1.165, 1.54) is 11.1 Å². The van der Waals surface area contributed by atoms with Gasteiger partial charge in [0.15, 0.2) is 0 Å². The molecule has 1 unspecified atom stereocenters. The summed E-state index contributed by atoms with van der Waals surface area (Å²) in [5.74, 6) is 0.995. The molecule has 0 aliphatic heterocycles. The Hall–Kier alpha value is -1.81. The van der Waals surface area contributed by atoms with Gasteiger partial charge in [0, 0.05) is 31.4 Å². The van der Waals surface area contributed by atoms with Crippen molar-refractivity contribution in [3.05, 3.63) is 47.5 Å². The van der Waals surface area contributed by atoms with Crippen LogP contribution in [0, 0.1) is 6.92 Å². The topological polar surface area (TPSA) is 55.3 Å². The van der Waals surface area contributed by atoms with Gasteiger partial charge in [-0.2, -0.15) is 0 Å². The molecule has 19 heavy (non-hydrogen) atoms. The van der Waals surface area contributed by atoms with Crippen LogP contribution >= 0.6 is 0 Å². The van der Waals surface area contributed by atoms with Gasteiger partial charge in [0.05, 0.1) is 12.5 Å². The van der Waals surface area contributed by atoms with Crippen LogP contribution in [0.2, 0.25) is 0 Å². The van der Waals surface area contributed by atoms with Crippen LogP contribution < -0.4 is 10.6 Å². The Morgan fingerprint density at radius 2 is 2.21 bits per heavy atom. The van der Waals surface area contributed by atoms with Crippen LogP contribution in [-0.4, -0.2) is 18.1 Å². The minimum absolute atomic E-state index is 0.163. The zero-order valence-electron chi connectivity index (χ0n) is 11.8. The molecule has 0 aliphatic rings. The average Bonchev–Trinajstić information content (AvgIpc) is 2.80. The number of aromatic nitrogens is 1. The van der Waals surface area contributed by atoms with Gasteiger partial charge in [-0.05, 0) is 37.5 Å². The minimum atomic E-state index is 0.163. The maximum atomic E-state index is 5.81. The SMILES string of the molecule is Cc1cc(CC(C)N)cnc1N(C)Cc1ccoc1. The summed E-state index contributed by atoms with van der Waals surface area (Å²) in [7, 11) is 2.04. The van der Waals surface area contributed by atoms with Crippen molar-refractivity contribution in [2.45, 2.75) is 32.9 Å². The van der Waals surface area contributed by atoms with Crippen LogP contribution in [-0.2, 0) is 13.0 Å². The van der Waals surface area contributed by atoms with Gasteiger partial charge >= 0.3 is 0 Å². The molecule has 102 valence electrons. The van der Waals surface area contributed by atoms with E-state index in [-0.39, 0.29) is 6.04 Å². The highest BCUT2D eigenvalue weighted by Gasteiger charge is 2.09. The molecule has 0 aromatic carbocycles. The van der Waals surface area contributed by atoms with E-state index in [2.05, 4.69) is 22.9 Å². The van der Waals surface area contributed by atoms with Crippen LogP contribution in [0.15, 0.2) is 35.3 Å². The first kappa shape index (κ1) is 13.6. The van der Waals surface area contributed by atoms with Gasteiger partial charge in [-0.25, -0.2) is 4.98 Å². The van der Waals surface area contributed by atoms with Crippen molar-refractivity contribution >= 4 is 5.82 Å². The summed E-state index contributed by atoms with van der Waals surface area (Å²) in [5.41, 5.74) is 9.31. The summed E-state index contributed by atoms with van der Waals surface area (Å²) in [5, 5.41) is 0. The second-order valence-corrected chi connectivity index (χ2v) is 5.15. The van der Waals surface area contributed by atoms with Crippen molar-refractivity contribution in [1.29, 1.82) is 0 Å². The van der Waals surface area contributed by atoms with E-state index in [9.17, 15) is 0 Å². The maximum Gasteiger partial charge on any atom is 0.131 e. The molecule has 1 atom stereocenters. The zero-order chi connectivity index (χ0) is 13.8. The van der Waals surface area contributed by atoms with Crippen LogP contribution in [0.4, 0.5) is 5.82 Å². The van der Waals surface area contributed by atoms with Gasteiger partial charge in [0.2, 0.25) is 0 Å². The summed E-state index contributed by atoms with van der Waals surface area (Å²) in [6.45, 7) is 4.88. The number of furan rings is 1. The lowest BCUT2D eigenvalue weighted by molar-refractivity contribution is 0.563. The van der Waals surface area contributed by atoms with Gasteiger partial charge < -0.3 is 15.1 Å². The Morgan fingerprint density at radius 1 is 1.42 bits per heavy atom. The normalized spacial score (nSPS) is 12.4. The predicted octanol–water partition coefficient (Wildman–Crippen LogP) is 2.51. The van der Waals surface area contributed by atoms with Gasteiger partial charge in [0.25, 0.3) is 0 Å². The van der Waals surface area contributed by atoms with Gasteiger partial charge in [0.1, 0.15) is 5.82 Å². The highest BCUT2D eigenvalue weighted by molar-refractivity contribution is 5.47. The lowest BCUT2D eigenvalue weighted by atomic mass is 10.1. The fourth-order valence-electron chi connectivity index (χ4n) is 2.24. The number of hydrogen-bond acceptors (Lipinski definition) is 4. The molecule has 0 fully saturated rings. The molecule has 4 nitrogen and oxygen atoms in total. The standard InChI is InChI=1S/C15H21N3O/c1-11-6-14(7-12(2)16)8-17-15(11)18(3)9-13-4-5-19-10-13/h4-6,8,10,12H,7,9,16H2,1-3H3. The molecule has 0 saturated heterocycles. The lowest BCUT2D eigenvalue weighted by Gasteiger charge is -2.20. The molecule has 0 spiro atoms. The Morgan fingerprint density at radius 3 is 2.79 bits per heavy atom. The van der Waals surface area contributed by atoms with Crippen molar-refractivity contribution in [3.8, 4) is 0 Å². The number of rotatable bonds is 5. The number of nitrogens with two attached hydrogens (primary N) is 1. The Balaban J connectivity index is 2.11. The smallest absolute Gasteiger partial charge is 0.131 e. The van der Waals surface area contributed by atoms with Crippen LogP contribution in [0.3, 0.4) is 0 Å². The number of pyridine rings is 1. The maximum absolute atomic E-state index is 5.81. The predicted molar refractivity (Wildman–Crippen MR) is 77.1 cm³/mol. The summed E-state index contributed by atoms with van der Waals surface area (Å²) in [6, 6.07) is 4.30. The van der Waals surface area contributed by atoms with Gasteiger partial charge in [-0.15, -0.1) is 0 Å². The molecule has 2 N–H and O–H groups in total. The highest BCUT2D eigenvalue weighted by Crippen LogP contribution is 2.19. The Bertz CT molecular complexity index is 520. The van der Waals surface area contributed by atoms with Gasteiger partial charge in [-0.1, -0.05) is 6.07 Å². The van der Waals surface area contributed by atoms with E-state index in [1.807, 2.05) is 26.2 Å². The summed E-state index contributed by atoms with van der Waals surface area (Å²) >= 11 is 0. The molecule has 0 amide bonds. The summed E-state index contributed by atoms with van der Waals surface area (Å²) < 4.78 is 5.08. The zero-order valence-corrected chi connectivity index (χ0v) is 11.8. The van der Waals surface area contributed by atoms with E-state index >= 15 is 0 Å². The number of hydrogen-bond donors (Lipinski definition) is 1. The lowest BCUT2D eigenvalue weighted by Crippen LogP contribution is -2.20. The molecule has 0 bridgehead atoms. The Kier molecular flexibility index (Phi) is 4.22. The third kappa shape index (κ3) is 3.58. The van der Waals surface area contributed by atoms with Crippen molar-refractivity contribution in [1.82, 2.24) is 4.98 Å². The molecule has 2 heterocycles. The number of anilines is 1. The average molecular weight is 259 g/mol. The van der Waals surface area contributed by atoms with Crippen LogP contribution in [0.25, 0.3) is 0 Å². The van der Waals surface area contributed by atoms with Crippen LogP contribution in [0.5, 0.6) is 0 Å². The third-order valence-corrected chi connectivity index (χ3v) is 3.03. The first-order valence-electron chi connectivity index (χ1n) is 6.49. The quantitative estimate of drug-likeness (QED) is 0.896. The second-order valence-electron chi connectivity index (χ2n) is 5.15. The van der Waals surface area contributed by atoms with E-state index in [4.69, 9.17) is 10.2 Å². The fraction of sp³-hybridized carbons (Fsp3) is 0.400. The molecule has 4 heteroatoms. The molecule has 0 saturated carbocycles. The van der Waals surface area contributed by atoms with Crippen molar-refractivity contribution in [2.24, 2.45) is 5.73 Å². The number of aryl methyl sites for hydroxylation is 1. The monoisotopic (exact) mass is 259 g/mol.